The summed E-state index contributed by atoms with van der Waals surface area (Å²) in [5.74, 6) is 0.575. The summed E-state index contributed by atoms with van der Waals surface area (Å²) >= 11 is 0. The third-order valence-corrected chi connectivity index (χ3v) is 7.96. The van der Waals surface area contributed by atoms with Crippen molar-refractivity contribution in [3.8, 4) is 0 Å². The van der Waals surface area contributed by atoms with Crippen LogP contribution in [0.5, 0.6) is 0 Å². The van der Waals surface area contributed by atoms with Crippen molar-refractivity contribution in [2.75, 3.05) is 42.3 Å². The molecule has 1 heterocycles. The highest BCUT2D eigenvalue weighted by Crippen LogP contribution is 2.33. The zero-order valence-corrected chi connectivity index (χ0v) is 18.7. The molecule has 0 aromatic heterocycles. The second-order valence-electron chi connectivity index (χ2n) is 8.45. The molecule has 4 rings (SSSR count). The molecule has 1 saturated carbocycles. The Labute approximate surface area is 181 Å². The predicted molar refractivity (Wildman–Crippen MR) is 124 cm³/mol. The highest BCUT2D eigenvalue weighted by molar-refractivity contribution is 7.92. The number of rotatable bonds is 6. The second kappa shape index (κ2) is 9.40. The summed E-state index contributed by atoms with van der Waals surface area (Å²) in [6, 6.07) is 15.2. The van der Waals surface area contributed by atoms with Crippen LogP contribution in [0.1, 0.15) is 50.5 Å². The fourth-order valence-electron chi connectivity index (χ4n) is 4.70. The van der Waals surface area contributed by atoms with Crippen LogP contribution >= 0.6 is 0 Å². The molecule has 0 spiro atoms. The van der Waals surface area contributed by atoms with Crippen LogP contribution in [0, 0.1) is 0 Å². The number of anilines is 2. The Morgan fingerprint density at radius 2 is 1.57 bits per heavy atom. The number of hydrogen-bond donors (Lipinski definition) is 1. The van der Waals surface area contributed by atoms with Crippen LogP contribution in [0.3, 0.4) is 0 Å². The van der Waals surface area contributed by atoms with Crippen LogP contribution in [-0.4, -0.2) is 46.0 Å². The van der Waals surface area contributed by atoms with Gasteiger partial charge in [-0.2, -0.15) is 0 Å². The van der Waals surface area contributed by atoms with Crippen molar-refractivity contribution in [2.24, 2.45) is 0 Å². The Morgan fingerprint density at radius 3 is 2.23 bits per heavy atom. The number of para-hydroxylation sites is 2. The van der Waals surface area contributed by atoms with E-state index in [9.17, 15) is 8.42 Å². The van der Waals surface area contributed by atoms with Crippen molar-refractivity contribution in [1.82, 2.24) is 4.90 Å². The molecule has 1 N–H and O–H groups in total. The van der Waals surface area contributed by atoms with Gasteiger partial charge in [-0.05, 0) is 55.1 Å². The first-order chi connectivity index (χ1) is 14.6. The van der Waals surface area contributed by atoms with Gasteiger partial charge in [0.25, 0.3) is 10.0 Å². The van der Waals surface area contributed by atoms with Crippen molar-refractivity contribution in [3.63, 3.8) is 0 Å². The normalized spacial score (nSPS) is 19.0. The summed E-state index contributed by atoms with van der Waals surface area (Å²) in [6.07, 6.45) is 6.29. The van der Waals surface area contributed by atoms with E-state index in [0.29, 0.717) is 16.5 Å². The monoisotopic (exact) mass is 427 g/mol. The molecule has 2 aromatic carbocycles. The molecule has 1 aliphatic heterocycles. The summed E-state index contributed by atoms with van der Waals surface area (Å²) in [5.41, 5.74) is 2.87. The third-order valence-electron chi connectivity index (χ3n) is 6.58. The van der Waals surface area contributed by atoms with Gasteiger partial charge in [-0.15, -0.1) is 0 Å². The Balaban J connectivity index is 1.50. The molecule has 5 nitrogen and oxygen atoms in total. The molecular weight excluding hydrogens is 394 g/mol. The smallest absolute Gasteiger partial charge is 0.261 e. The first-order valence-electron chi connectivity index (χ1n) is 11.3. The van der Waals surface area contributed by atoms with E-state index in [1.165, 1.54) is 37.7 Å². The first-order valence-corrected chi connectivity index (χ1v) is 12.7. The van der Waals surface area contributed by atoms with Gasteiger partial charge >= 0.3 is 0 Å². The minimum absolute atomic E-state index is 0.327. The van der Waals surface area contributed by atoms with Crippen LogP contribution < -0.4 is 9.62 Å². The highest BCUT2D eigenvalue weighted by Gasteiger charge is 2.22. The summed E-state index contributed by atoms with van der Waals surface area (Å²) in [7, 11) is -3.62. The van der Waals surface area contributed by atoms with E-state index >= 15 is 0 Å². The van der Waals surface area contributed by atoms with Crippen LogP contribution in [0.15, 0.2) is 53.4 Å². The Hall–Kier alpha value is -2.05. The van der Waals surface area contributed by atoms with Gasteiger partial charge in [-0.1, -0.05) is 50.5 Å². The Bertz CT molecular complexity index is 929. The average molecular weight is 428 g/mol. The molecule has 0 amide bonds. The number of nitrogens with zero attached hydrogens (tertiary/aromatic N) is 2. The lowest BCUT2D eigenvalue weighted by Gasteiger charge is -2.36. The van der Waals surface area contributed by atoms with Gasteiger partial charge in [0.15, 0.2) is 0 Å². The highest BCUT2D eigenvalue weighted by atomic mass is 32.2. The number of piperazine rings is 1. The number of benzene rings is 2. The SMILES string of the molecule is CCN1CCN(c2ccccc2NS(=O)(=O)c2ccc(C3CCCCC3)cc2)CC1. The number of likely N-dealkylation sites (N-methyl/N-ethyl adjacent to an activating group) is 1. The lowest BCUT2D eigenvalue weighted by Crippen LogP contribution is -2.46. The Morgan fingerprint density at radius 1 is 0.900 bits per heavy atom. The van der Waals surface area contributed by atoms with Gasteiger partial charge < -0.3 is 9.80 Å². The molecular formula is C24H33N3O2S. The molecule has 1 aliphatic carbocycles. The summed E-state index contributed by atoms with van der Waals surface area (Å²) in [4.78, 5) is 5.01. The van der Waals surface area contributed by atoms with E-state index in [2.05, 4.69) is 21.4 Å². The lowest BCUT2D eigenvalue weighted by atomic mass is 9.84. The van der Waals surface area contributed by atoms with Crippen molar-refractivity contribution in [2.45, 2.75) is 49.8 Å². The molecule has 30 heavy (non-hydrogen) atoms. The predicted octanol–water partition coefficient (Wildman–Crippen LogP) is 4.68. The van der Waals surface area contributed by atoms with E-state index in [0.717, 1.165) is 38.4 Å². The van der Waals surface area contributed by atoms with E-state index in [1.807, 2.05) is 36.4 Å². The maximum Gasteiger partial charge on any atom is 0.261 e. The molecule has 2 aliphatic rings. The fourth-order valence-corrected chi connectivity index (χ4v) is 5.77. The molecule has 6 heteroatoms. The van der Waals surface area contributed by atoms with Crippen molar-refractivity contribution >= 4 is 21.4 Å². The van der Waals surface area contributed by atoms with Gasteiger partial charge in [-0.25, -0.2) is 8.42 Å². The van der Waals surface area contributed by atoms with E-state index in [1.54, 1.807) is 12.1 Å². The number of sulfonamides is 1. The molecule has 0 unspecified atom stereocenters. The molecule has 0 radical (unpaired) electrons. The van der Waals surface area contributed by atoms with E-state index in [-0.39, 0.29) is 0 Å². The topological polar surface area (TPSA) is 52.6 Å². The van der Waals surface area contributed by atoms with Gasteiger partial charge in [-0.3, -0.25) is 4.72 Å². The first kappa shape index (κ1) is 21.2. The molecule has 0 bridgehead atoms. The van der Waals surface area contributed by atoms with Crippen molar-refractivity contribution in [3.05, 3.63) is 54.1 Å². The minimum atomic E-state index is -3.62. The van der Waals surface area contributed by atoms with Gasteiger partial charge in [0.2, 0.25) is 0 Å². The molecule has 2 fully saturated rings. The third kappa shape index (κ3) is 4.81. The number of nitrogens with one attached hydrogen (secondary N) is 1. The van der Waals surface area contributed by atoms with Crippen molar-refractivity contribution < 1.29 is 8.42 Å². The van der Waals surface area contributed by atoms with Crippen LogP contribution in [0.4, 0.5) is 11.4 Å². The van der Waals surface area contributed by atoms with E-state index < -0.39 is 10.0 Å². The molecule has 0 atom stereocenters. The number of hydrogen-bond acceptors (Lipinski definition) is 4. The fraction of sp³-hybridized carbons (Fsp3) is 0.500. The zero-order chi connectivity index (χ0) is 21.0. The Kier molecular flexibility index (Phi) is 6.64. The molecule has 2 aromatic rings. The average Bonchev–Trinajstić information content (AvgIpc) is 2.80. The molecule has 162 valence electrons. The van der Waals surface area contributed by atoms with Crippen LogP contribution in [-0.2, 0) is 10.0 Å². The summed E-state index contributed by atoms with van der Waals surface area (Å²) in [5, 5.41) is 0. The maximum absolute atomic E-state index is 13.1. The van der Waals surface area contributed by atoms with Crippen LogP contribution in [0.2, 0.25) is 0 Å². The quantitative estimate of drug-likeness (QED) is 0.727. The standard InChI is InChI=1S/C24H33N3O2S/c1-2-26-16-18-27(19-17-26)24-11-7-6-10-23(24)25-30(28,29)22-14-12-21(13-15-22)20-8-4-3-5-9-20/h6-7,10-15,20,25H,2-5,8-9,16-19H2,1H3. The van der Waals surface area contributed by atoms with Gasteiger partial charge in [0.1, 0.15) is 0 Å². The summed E-state index contributed by atoms with van der Waals surface area (Å²) in [6.45, 7) is 7.04. The second-order valence-corrected chi connectivity index (χ2v) is 10.1. The maximum atomic E-state index is 13.1. The van der Waals surface area contributed by atoms with Crippen LogP contribution in [0.25, 0.3) is 0 Å². The van der Waals surface area contributed by atoms with Gasteiger partial charge in [0, 0.05) is 26.2 Å². The van der Waals surface area contributed by atoms with E-state index in [4.69, 9.17) is 0 Å². The largest absolute Gasteiger partial charge is 0.367 e. The zero-order valence-electron chi connectivity index (χ0n) is 17.9. The van der Waals surface area contributed by atoms with Gasteiger partial charge in [0.05, 0.1) is 16.3 Å². The lowest BCUT2D eigenvalue weighted by molar-refractivity contribution is 0.271. The van der Waals surface area contributed by atoms with Crippen molar-refractivity contribution in [1.29, 1.82) is 0 Å². The molecule has 1 saturated heterocycles. The summed E-state index contributed by atoms with van der Waals surface area (Å²) < 4.78 is 29.0. The minimum Gasteiger partial charge on any atom is -0.367 e.